The second-order valence-corrected chi connectivity index (χ2v) is 6.18. The van der Waals surface area contributed by atoms with Gasteiger partial charge in [0.2, 0.25) is 0 Å². The van der Waals surface area contributed by atoms with Crippen molar-refractivity contribution in [2.75, 3.05) is 6.61 Å². The smallest absolute Gasteiger partial charge is 0.121 e. The van der Waals surface area contributed by atoms with E-state index in [9.17, 15) is 0 Å². The summed E-state index contributed by atoms with van der Waals surface area (Å²) < 4.78 is 8.33. The van der Waals surface area contributed by atoms with Gasteiger partial charge in [0.25, 0.3) is 0 Å². The van der Waals surface area contributed by atoms with E-state index >= 15 is 0 Å². The van der Waals surface area contributed by atoms with Crippen LogP contribution in [-0.2, 0) is 6.54 Å². The van der Waals surface area contributed by atoms with Crippen molar-refractivity contribution in [3.63, 3.8) is 0 Å². The lowest BCUT2D eigenvalue weighted by Crippen LogP contribution is -2.00. The largest absolute Gasteiger partial charge is 0.494 e. The number of ether oxygens (including phenoxy) is 1. The zero-order chi connectivity index (χ0) is 16.2. The first-order chi connectivity index (χ1) is 11.3. The predicted octanol–water partition coefficient (Wildman–Crippen LogP) is 5.48. The third-order valence-corrected chi connectivity index (χ3v) is 4.43. The summed E-state index contributed by atoms with van der Waals surface area (Å²) >= 11 is 0. The van der Waals surface area contributed by atoms with Crippen molar-refractivity contribution in [3.8, 4) is 5.75 Å². The second kappa shape index (κ2) is 7.03. The number of rotatable bonds is 7. The number of aromatic nitrogens is 2. The van der Waals surface area contributed by atoms with Gasteiger partial charge in [0.15, 0.2) is 0 Å². The van der Waals surface area contributed by atoms with E-state index in [2.05, 4.69) is 54.6 Å². The van der Waals surface area contributed by atoms with Gasteiger partial charge >= 0.3 is 0 Å². The van der Waals surface area contributed by atoms with Crippen molar-refractivity contribution in [2.45, 2.75) is 53.0 Å². The molecule has 0 atom stereocenters. The molecule has 0 saturated carbocycles. The van der Waals surface area contributed by atoms with Crippen molar-refractivity contribution < 1.29 is 4.74 Å². The molecular formula is C20H26N2O. The van der Waals surface area contributed by atoms with E-state index in [4.69, 9.17) is 4.74 Å². The van der Waals surface area contributed by atoms with Crippen LogP contribution in [0.5, 0.6) is 5.75 Å². The summed E-state index contributed by atoms with van der Waals surface area (Å²) in [5.74, 6) is 0.970. The molecule has 0 radical (unpaired) electrons. The monoisotopic (exact) mass is 310 g/mol. The number of unbranched alkanes of at least 4 members (excludes halogenated alkanes) is 2. The molecule has 0 fully saturated rings. The first kappa shape index (κ1) is 15.9. The maximum Gasteiger partial charge on any atom is 0.121 e. The normalized spacial score (nSPS) is 11.4. The summed E-state index contributed by atoms with van der Waals surface area (Å²) in [4.78, 5) is 4.50. The fourth-order valence-corrected chi connectivity index (χ4v) is 3.17. The fourth-order valence-electron chi connectivity index (χ4n) is 3.17. The Morgan fingerprint density at radius 1 is 1.04 bits per heavy atom. The van der Waals surface area contributed by atoms with E-state index in [0.29, 0.717) is 0 Å². The molecule has 3 aromatic rings. The molecular weight excluding hydrogens is 284 g/mol. The molecule has 2 heterocycles. The topological polar surface area (TPSA) is 27.1 Å². The van der Waals surface area contributed by atoms with Gasteiger partial charge in [-0.15, -0.1) is 0 Å². The molecule has 0 N–H and O–H groups in total. The highest BCUT2D eigenvalue weighted by molar-refractivity contribution is 6.09. The highest BCUT2D eigenvalue weighted by atomic mass is 16.5. The van der Waals surface area contributed by atoms with Gasteiger partial charge in [-0.1, -0.05) is 26.7 Å². The molecule has 3 nitrogen and oxygen atoms in total. The van der Waals surface area contributed by atoms with Gasteiger partial charge in [0, 0.05) is 29.6 Å². The minimum Gasteiger partial charge on any atom is -0.494 e. The average molecular weight is 310 g/mol. The minimum absolute atomic E-state index is 0.789. The molecule has 3 heteroatoms. The predicted molar refractivity (Wildman–Crippen MR) is 97.3 cm³/mol. The average Bonchev–Trinajstić information content (AvgIpc) is 2.88. The lowest BCUT2D eigenvalue weighted by molar-refractivity contribution is 0.309. The van der Waals surface area contributed by atoms with E-state index in [0.717, 1.165) is 37.4 Å². The fraction of sp³-hybridized carbons (Fsp3) is 0.450. The number of pyridine rings is 1. The molecule has 0 aliphatic carbocycles. The standard InChI is InChI=1S/C20H26N2O/c1-4-6-12-22-19-14-16(23-13-7-5-2)8-9-17(19)18-10-11-21-15(3)20(18)22/h8-11,14H,4-7,12-13H2,1-3H3. The van der Waals surface area contributed by atoms with Crippen molar-refractivity contribution in [1.82, 2.24) is 9.55 Å². The van der Waals surface area contributed by atoms with Gasteiger partial charge in [-0.25, -0.2) is 0 Å². The van der Waals surface area contributed by atoms with Gasteiger partial charge in [-0.3, -0.25) is 4.98 Å². The Balaban J connectivity index is 2.12. The maximum atomic E-state index is 5.91. The van der Waals surface area contributed by atoms with Gasteiger partial charge in [-0.2, -0.15) is 0 Å². The summed E-state index contributed by atoms with van der Waals surface area (Å²) in [7, 11) is 0. The number of aryl methyl sites for hydroxylation is 2. The zero-order valence-corrected chi connectivity index (χ0v) is 14.4. The molecule has 2 aromatic heterocycles. The number of nitrogens with zero attached hydrogens (tertiary/aromatic N) is 2. The summed E-state index contributed by atoms with van der Waals surface area (Å²) in [6.07, 6.45) is 6.53. The van der Waals surface area contributed by atoms with Crippen molar-refractivity contribution in [3.05, 3.63) is 36.2 Å². The number of fused-ring (bicyclic) bond motifs is 3. The lowest BCUT2D eigenvalue weighted by atomic mass is 10.1. The van der Waals surface area contributed by atoms with Crippen molar-refractivity contribution in [1.29, 1.82) is 0 Å². The Morgan fingerprint density at radius 2 is 1.87 bits per heavy atom. The van der Waals surface area contributed by atoms with Crippen molar-refractivity contribution in [2.24, 2.45) is 0 Å². The van der Waals surface area contributed by atoms with Crippen LogP contribution in [0.4, 0.5) is 0 Å². The summed E-state index contributed by atoms with van der Waals surface area (Å²) in [5.41, 5.74) is 3.63. The number of benzene rings is 1. The maximum absolute atomic E-state index is 5.91. The third-order valence-electron chi connectivity index (χ3n) is 4.43. The van der Waals surface area contributed by atoms with Gasteiger partial charge in [0.05, 0.1) is 23.3 Å². The van der Waals surface area contributed by atoms with Crippen LogP contribution in [0.25, 0.3) is 21.8 Å². The first-order valence-electron chi connectivity index (χ1n) is 8.76. The van der Waals surface area contributed by atoms with Crippen LogP contribution < -0.4 is 4.74 Å². The van der Waals surface area contributed by atoms with Crippen LogP contribution in [0.15, 0.2) is 30.5 Å². The third kappa shape index (κ3) is 3.05. The van der Waals surface area contributed by atoms with Crippen LogP contribution in [-0.4, -0.2) is 16.2 Å². The number of hydrogen-bond acceptors (Lipinski definition) is 2. The first-order valence-corrected chi connectivity index (χ1v) is 8.76. The second-order valence-electron chi connectivity index (χ2n) is 6.18. The molecule has 0 amide bonds. The Morgan fingerprint density at radius 3 is 2.65 bits per heavy atom. The quantitative estimate of drug-likeness (QED) is 0.540. The van der Waals surface area contributed by atoms with Crippen LogP contribution >= 0.6 is 0 Å². The molecule has 0 saturated heterocycles. The van der Waals surface area contributed by atoms with E-state index < -0.39 is 0 Å². The minimum atomic E-state index is 0.789. The molecule has 3 rings (SSSR count). The summed E-state index contributed by atoms with van der Waals surface area (Å²) in [5, 5.41) is 2.59. The van der Waals surface area contributed by atoms with Crippen LogP contribution in [0.2, 0.25) is 0 Å². The summed E-state index contributed by atoms with van der Waals surface area (Å²) in [6, 6.07) is 8.61. The van der Waals surface area contributed by atoms with Crippen LogP contribution in [0.1, 0.15) is 45.2 Å². The van der Waals surface area contributed by atoms with Crippen molar-refractivity contribution >= 4 is 21.8 Å². The summed E-state index contributed by atoms with van der Waals surface area (Å²) in [6.45, 7) is 8.34. The van der Waals surface area contributed by atoms with E-state index in [1.807, 2.05) is 6.20 Å². The molecule has 0 aliphatic rings. The van der Waals surface area contributed by atoms with E-state index in [-0.39, 0.29) is 0 Å². The lowest BCUT2D eigenvalue weighted by Gasteiger charge is -2.09. The molecule has 0 bridgehead atoms. The highest BCUT2D eigenvalue weighted by Crippen LogP contribution is 2.33. The Labute approximate surface area is 138 Å². The Bertz CT molecular complexity index is 804. The van der Waals surface area contributed by atoms with Gasteiger partial charge in [0.1, 0.15) is 5.75 Å². The van der Waals surface area contributed by atoms with E-state index in [1.165, 1.54) is 34.6 Å². The molecule has 1 aromatic carbocycles. The zero-order valence-electron chi connectivity index (χ0n) is 14.4. The molecule has 0 unspecified atom stereocenters. The Hall–Kier alpha value is -2.03. The SMILES string of the molecule is CCCCOc1ccc2c3ccnc(C)c3n(CCCC)c2c1. The van der Waals surface area contributed by atoms with Gasteiger partial charge in [-0.05, 0) is 38.0 Å². The van der Waals surface area contributed by atoms with E-state index in [1.54, 1.807) is 0 Å². The van der Waals surface area contributed by atoms with Gasteiger partial charge < -0.3 is 9.30 Å². The van der Waals surface area contributed by atoms with Crippen LogP contribution in [0.3, 0.4) is 0 Å². The molecule has 23 heavy (non-hydrogen) atoms. The molecule has 0 spiro atoms. The molecule has 0 aliphatic heterocycles. The Kier molecular flexibility index (Phi) is 4.85. The highest BCUT2D eigenvalue weighted by Gasteiger charge is 2.13. The van der Waals surface area contributed by atoms with Crippen LogP contribution in [0, 0.1) is 6.92 Å². The number of hydrogen-bond donors (Lipinski definition) is 0. The molecule has 122 valence electrons.